The first-order chi connectivity index (χ1) is 23.7. The van der Waals surface area contributed by atoms with Gasteiger partial charge in [-0.2, -0.15) is 0 Å². The summed E-state index contributed by atoms with van der Waals surface area (Å²) in [5, 5.41) is 0. The van der Waals surface area contributed by atoms with Crippen molar-refractivity contribution in [3.05, 3.63) is 155 Å². The summed E-state index contributed by atoms with van der Waals surface area (Å²) in [5.41, 5.74) is 17.4. The molecule has 0 N–H and O–H groups in total. The van der Waals surface area contributed by atoms with Gasteiger partial charge in [-0.1, -0.05) is 84.9 Å². The first kappa shape index (κ1) is 28.2. The highest BCUT2D eigenvalue weighted by molar-refractivity contribution is 5.72. The molecule has 4 aromatic carbocycles. The number of hydrogen-bond donors (Lipinski definition) is 0. The highest BCUT2D eigenvalue weighted by Gasteiger charge is 2.40. The van der Waals surface area contributed by atoms with Gasteiger partial charge in [-0.25, -0.2) is 0 Å². The predicted molar refractivity (Wildman–Crippen MR) is 196 cm³/mol. The molecule has 0 aliphatic heterocycles. The number of hydrogen-bond acceptors (Lipinski definition) is 2. The Balaban J connectivity index is 0.940. The van der Waals surface area contributed by atoms with Crippen LogP contribution in [-0.4, -0.2) is 9.97 Å². The Morgan fingerprint density at radius 1 is 0.396 bits per heavy atom. The lowest BCUT2D eigenvalue weighted by Gasteiger charge is -2.44. The molecule has 2 heteroatoms. The van der Waals surface area contributed by atoms with Crippen LogP contribution < -0.4 is 0 Å². The second kappa shape index (κ2) is 11.4. The third kappa shape index (κ3) is 4.76. The number of aromatic nitrogens is 2. The molecule has 12 rings (SSSR count). The highest BCUT2D eigenvalue weighted by atomic mass is 14.7. The topological polar surface area (TPSA) is 25.8 Å². The van der Waals surface area contributed by atoms with Crippen molar-refractivity contribution in [3.8, 4) is 44.8 Å². The van der Waals surface area contributed by atoms with Gasteiger partial charge >= 0.3 is 0 Å². The maximum atomic E-state index is 4.91. The van der Waals surface area contributed by atoms with E-state index in [0.717, 1.165) is 28.8 Å². The Morgan fingerprint density at radius 2 is 1.08 bits per heavy atom. The largest absolute Gasteiger partial charge is 0.256 e. The molecule has 0 amide bonds. The Labute approximate surface area is 284 Å². The molecule has 6 aliphatic carbocycles. The number of rotatable bonds is 5. The minimum Gasteiger partial charge on any atom is -0.256 e. The van der Waals surface area contributed by atoms with Gasteiger partial charge in [0, 0.05) is 29.1 Å². The quantitative estimate of drug-likeness (QED) is 0.192. The predicted octanol–water partition coefficient (Wildman–Crippen LogP) is 12.0. The first-order valence-electron chi connectivity index (χ1n) is 18.1. The summed E-state index contributed by atoms with van der Waals surface area (Å²) in [6.45, 7) is 0. The third-order valence-corrected chi connectivity index (χ3v) is 12.3. The van der Waals surface area contributed by atoms with Crippen molar-refractivity contribution in [2.24, 2.45) is 0 Å². The third-order valence-electron chi connectivity index (χ3n) is 12.3. The maximum Gasteiger partial charge on any atom is 0.0708 e. The summed E-state index contributed by atoms with van der Waals surface area (Å²) < 4.78 is 0. The van der Waals surface area contributed by atoms with Crippen molar-refractivity contribution in [1.82, 2.24) is 9.97 Å². The molecule has 2 saturated carbocycles. The van der Waals surface area contributed by atoms with Gasteiger partial charge in [0.05, 0.1) is 11.4 Å². The Bertz CT molecular complexity index is 2140. The zero-order valence-electron chi connectivity index (χ0n) is 27.4. The summed E-state index contributed by atoms with van der Waals surface area (Å²) in [7, 11) is 0. The van der Waals surface area contributed by atoms with E-state index in [1.165, 1.54) is 78.3 Å². The molecule has 0 spiro atoms. The van der Waals surface area contributed by atoms with Crippen LogP contribution in [0.1, 0.15) is 102 Å². The van der Waals surface area contributed by atoms with E-state index in [1.807, 2.05) is 12.4 Å². The van der Waals surface area contributed by atoms with Crippen molar-refractivity contribution in [3.63, 3.8) is 0 Å². The van der Waals surface area contributed by atoms with Crippen molar-refractivity contribution < 1.29 is 0 Å². The van der Waals surface area contributed by atoms with Crippen LogP contribution in [0.4, 0.5) is 0 Å². The summed E-state index contributed by atoms with van der Waals surface area (Å²) >= 11 is 0. The van der Waals surface area contributed by atoms with Gasteiger partial charge in [-0.05, 0) is 149 Å². The Kier molecular flexibility index (Phi) is 6.71. The van der Waals surface area contributed by atoms with Crippen molar-refractivity contribution >= 4 is 0 Å². The van der Waals surface area contributed by atoms with Gasteiger partial charge in [-0.3, -0.25) is 9.97 Å². The van der Waals surface area contributed by atoms with Gasteiger partial charge in [0.1, 0.15) is 0 Å². The summed E-state index contributed by atoms with van der Waals surface area (Å²) in [6, 6.07) is 43.2. The zero-order valence-corrected chi connectivity index (χ0v) is 27.4. The summed E-state index contributed by atoms with van der Waals surface area (Å²) in [4.78, 5) is 9.78. The number of nitrogens with zero attached hydrogens (tertiary/aromatic N) is 2. The van der Waals surface area contributed by atoms with E-state index in [0.29, 0.717) is 17.8 Å². The normalized spacial score (nSPS) is 23.5. The van der Waals surface area contributed by atoms with E-state index in [-0.39, 0.29) is 0 Å². The average Bonchev–Trinajstić information content (AvgIpc) is 3.19. The summed E-state index contributed by atoms with van der Waals surface area (Å²) in [5.74, 6) is 3.24. The second-order valence-electron chi connectivity index (χ2n) is 14.8. The average molecular weight is 621 g/mol. The van der Waals surface area contributed by atoms with Crippen LogP contribution in [0.15, 0.2) is 128 Å². The molecule has 0 radical (unpaired) electrons. The fourth-order valence-electron chi connectivity index (χ4n) is 9.88. The molecule has 2 heterocycles. The van der Waals surface area contributed by atoms with Crippen molar-refractivity contribution in [1.29, 1.82) is 0 Å². The first-order valence-corrected chi connectivity index (χ1v) is 18.1. The van der Waals surface area contributed by atoms with Crippen molar-refractivity contribution in [2.75, 3.05) is 0 Å². The standard InChI is InChI=1S/C46H40N2/c1-2-5-29(6-3-1)38-16-20-45(48-28-38)36-14-18-40-35-13-19-41(44(40)26-36)43(24-35)34-8-4-7-32(23-34)33-21-22-47-46(27-33)37-15-17-39-30-9-11-31(12-10-30)42(39)25-37/h1-8,14-18,20-23,25-28,30-31,35,41,43H,9-13,19,24H2. The lowest BCUT2D eigenvalue weighted by molar-refractivity contribution is 0.313. The molecular formula is C46H40N2. The van der Waals surface area contributed by atoms with Gasteiger partial charge in [0.25, 0.3) is 0 Å². The molecule has 48 heavy (non-hydrogen) atoms. The van der Waals surface area contributed by atoms with Gasteiger partial charge in [0.2, 0.25) is 0 Å². The van der Waals surface area contributed by atoms with E-state index in [1.54, 1.807) is 22.3 Å². The van der Waals surface area contributed by atoms with Crippen LogP contribution in [0.25, 0.3) is 44.8 Å². The van der Waals surface area contributed by atoms with E-state index in [2.05, 4.69) is 115 Å². The molecule has 6 aromatic rings. The fraction of sp³-hybridized carbons (Fsp3) is 0.261. The van der Waals surface area contributed by atoms with E-state index in [9.17, 15) is 0 Å². The lowest BCUT2D eigenvalue weighted by Crippen LogP contribution is -2.28. The molecular weight excluding hydrogens is 581 g/mol. The highest BCUT2D eigenvalue weighted by Crippen LogP contribution is 2.57. The minimum atomic E-state index is 0.539. The number of fused-ring (bicyclic) bond motifs is 4. The number of benzene rings is 4. The molecule has 2 aromatic heterocycles. The van der Waals surface area contributed by atoms with Crippen molar-refractivity contribution in [2.45, 2.75) is 74.5 Å². The van der Waals surface area contributed by atoms with Crippen LogP contribution in [0.3, 0.4) is 0 Å². The maximum absolute atomic E-state index is 4.91. The van der Waals surface area contributed by atoms with Gasteiger partial charge in [-0.15, -0.1) is 0 Å². The van der Waals surface area contributed by atoms with E-state index in [4.69, 9.17) is 9.97 Å². The minimum absolute atomic E-state index is 0.539. The summed E-state index contributed by atoms with van der Waals surface area (Å²) in [6.07, 6.45) is 13.3. The van der Waals surface area contributed by atoms with Gasteiger partial charge < -0.3 is 0 Å². The molecule has 2 fully saturated rings. The van der Waals surface area contributed by atoms with Crippen LogP contribution in [0, 0.1) is 0 Å². The molecule has 3 unspecified atom stereocenters. The Hall–Kier alpha value is -4.82. The second-order valence-corrected chi connectivity index (χ2v) is 14.8. The van der Waals surface area contributed by atoms with Crippen LogP contribution in [0.5, 0.6) is 0 Å². The Morgan fingerprint density at radius 3 is 1.90 bits per heavy atom. The molecule has 4 bridgehead atoms. The van der Waals surface area contributed by atoms with Crippen LogP contribution >= 0.6 is 0 Å². The smallest absolute Gasteiger partial charge is 0.0708 e. The van der Waals surface area contributed by atoms with E-state index >= 15 is 0 Å². The molecule has 2 nitrogen and oxygen atoms in total. The zero-order chi connectivity index (χ0) is 31.6. The van der Waals surface area contributed by atoms with E-state index < -0.39 is 0 Å². The fourth-order valence-corrected chi connectivity index (χ4v) is 9.88. The number of pyridine rings is 2. The van der Waals surface area contributed by atoms with Crippen LogP contribution in [-0.2, 0) is 0 Å². The van der Waals surface area contributed by atoms with Crippen LogP contribution in [0.2, 0.25) is 0 Å². The molecule has 3 atom stereocenters. The lowest BCUT2D eigenvalue weighted by atomic mass is 9.60. The van der Waals surface area contributed by atoms with Gasteiger partial charge in [0.15, 0.2) is 0 Å². The molecule has 0 saturated heterocycles. The monoisotopic (exact) mass is 620 g/mol. The molecule has 6 aliphatic rings. The molecule has 234 valence electrons. The SMILES string of the molecule is c1ccc(-c2ccc(-c3ccc4c(c3)C3CCC4CC3c3cccc(-c4ccnc(-c5ccc6c(c5)C5CCC6CC5)c4)c3)nc2)cc1.